The summed E-state index contributed by atoms with van der Waals surface area (Å²) in [5.74, 6) is 0. The highest BCUT2D eigenvalue weighted by molar-refractivity contribution is 7.25. The largest absolute Gasteiger partial charge is 0.600 e. The molecule has 0 aliphatic heterocycles. The molecule has 0 saturated carbocycles. The molecule has 44 valence electrons. The first-order chi connectivity index (χ1) is 3.27. The van der Waals surface area contributed by atoms with Gasteiger partial charge in [0, 0.05) is 7.11 Å². The Labute approximate surface area is 43.9 Å². The molecule has 0 aliphatic rings. The summed E-state index contributed by atoms with van der Waals surface area (Å²) in [6.07, 6.45) is 0. The molecule has 0 amide bonds. The van der Waals surface area contributed by atoms with E-state index in [1.807, 2.05) is 0 Å². The summed E-state index contributed by atoms with van der Waals surface area (Å²) >= 11 is 0. The van der Waals surface area contributed by atoms with Gasteiger partial charge in [-0.15, -0.1) is 0 Å². The van der Waals surface area contributed by atoms with Crippen molar-refractivity contribution in [2.45, 2.75) is 0 Å². The Balaban J connectivity index is 2.68. The summed E-state index contributed by atoms with van der Waals surface area (Å²) < 4.78 is 8.80. The Morgan fingerprint density at radius 3 is 2.43 bits per heavy atom. The Kier molecular flexibility index (Phi) is 4.60. The fraction of sp³-hybridized carbons (Fsp3) is 1.00. The van der Waals surface area contributed by atoms with Crippen molar-refractivity contribution in [3.8, 4) is 0 Å². The normalized spacial score (nSPS) is 15.9. The van der Waals surface area contributed by atoms with E-state index >= 15 is 0 Å². The maximum absolute atomic E-state index is 9.91. The molecule has 0 aromatic rings. The van der Waals surface area contributed by atoms with Gasteiger partial charge in [0.15, 0.2) is 0 Å². The number of hydroxylamine groups is 2. The summed E-state index contributed by atoms with van der Waals surface area (Å²) in [6.45, 7) is 0. The second-order valence-corrected chi connectivity index (χ2v) is 1.66. The molecule has 0 spiro atoms. The molecule has 0 rings (SSSR count). The van der Waals surface area contributed by atoms with Gasteiger partial charge in [0.1, 0.15) is 0 Å². The fourth-order valence-corrected chi connectivity index (χ4v) is 0.301. The first-order valence-corrected chi connectivity index (χ1v) is 2.54. The van der Waals surface area contributed by atoms with Crippen LogP contribution < -0.4 is 5.23 Å². The number of hydrogen-bond donors (Lipinski definition) is 1. The first-order valence-electron chi connectivity index (χ1n) is 1.72. The van der Waals surface area contributed by atoms with Crippen LogP contribution in [0.15, 0.2) is 0 Å². The van der Waals surface area contributed by atoms with Crippen LogP contribution in [0.2, 0.25) is 0 Å². The zero-order valence-corrected chi connectivity index (χ0v) is 5.22. The minimum absolute atomic E-state index is 0.154. The Hall–Kier alpha value is 0.270. The molecule has 0 bridgehead atoms. The van der Waals surface area contributed by atoms with Crippen molar-refractivity contribution >= 4 is 9.03 Å². The summed E-state index contributed by atoms with van der Waals surface area (Å²) in [6, 6.07) is 0. The van der Waals surface area contributed by atoms with Gasteiger partial charge < -0.3 is 9.73 Å². The van der Waals surface area contributed by atoms with Crippen molar-refractivity contribution in [3.63, 3.8) is 0 Å². The van der Waals surface area contributed by atoms with E-state index in [0.29, 0.717) is 0 Å². The average Bonchev–Trinajstić information content (AvgIpc) is 1.61. The van der Waals surface area contributed by atoms with Crippen LogP contribution in [0.25, 0.3) is 0 Å². The van der Waals surface area contributed by atoms with Crippen molar-refractivity contribution in [1.82, 2.24) is 0 Å². The van der Waals surface area contributed by atoms with Crippen molar-refractivity contribution in [3.05, 3.63) is 5.21 Å². The first kappa shape index (κ1) is 7.27. The molecule has 1 N–H and O–H groups in total. The highest BCUT2D eigenvalue weighted by atomic mass is 31.1. The highest BCUT2D eigenvalue weighted by Crippen LogP contribution is 2.03. The summed E-state index contributed by atoms with van der Waals surface area (Å²) in [5, 5.41) is 9.60. The monoisotopic (exact) mass is 125 g/mol. The smallest absolute Gasteiger partial charge is 0.224 e. The molecule has 7 heavy (non-hydrogen) atoms. The third kappa shape index (κ3) is 6.27. The van der Waals surface area contributed by atoms with Gasteiger partial charge in [-0.2, -0.15) is 4.62 Å². The Bertz CT molecular complexity index is 41.9. The van der Waals surface area contributed by atoms with E-state index in [2.05, 4.69) is 9.15 Å². The van der Waals surface area contributed by atoms with Gasteiger partial charge in [-0.1, -0.05) is 0 Å². The lowest BCUT2D eigenvalue weighted by molar-refractivity contribution is -1.01. The van der Waals surface area contributed by atoms with Gasteiger partial charge in [0.2, 0.25) is 9.03 Å². The molecule has 0 aromatic carbocycles. The number of quaternary nitrogens is 1. The summed E-state index contributed by atoms with van der Waals surface area (Å²) in [4.78, 5) is 0. The summed E-state index contributed by atoms with van der Waals surface area (Å²) in [7, 11) is 2.66. The predicted octanol–water partition coefficient (Wildman–Crippen LogP) is -0.915. The van der Waals surface area contributed by atoms with E-state index in [-0.39, 0.29) is 14.3 Å². The zero-order valence-electron chi connectivity index (χ0n) is 4.22. The Morgan fingerprint density at radius 2 is 2.29 bits per heavy atom. The zero-order chi connectivity index (χ0) is 5.70. The molecule has 0 aliphatic carbocycles. The predicted molar refractivity (Wildman–Crippen MR) is 26.7 cm³/mol. The lowest BCUT2D eigenvalue weighted by Crippen LogP contribution is -3.01. The third-order valence-electron chi connectivity index (χ3n) is 0.269. The van der Waals surface area contributed by atoms with Crippen LogP contribution in [0.5, 0.6) is 0 Å². The van der Waals surface area contributed by atoms with Crippen LogP contribution in [-0.4, -0.2) is 14.2 Å². The van der Waals surface area contributed by atoms with E-state index in [4.69, 9.17) is 0 Å². The maximum Gasteiger partial charge on any atom is 0.224 e. The molecule has 2 unspecified atom stereocenters. The quantitative estimate of drug-likeness (QED) is 0.392. The molecular weight excluding hydrogens is 117 g/mol. The molecule has 0 radical (unpaired) electrons. The SMILES string of the molecule is COPO[NH+](C)[O-]. The molecule has 0 fully saturated rings. The van der Waals surface area contributed by atoms with E-state index in [1.165, 1.54) is 14.2 Å². The van der Waals surface area contributed by atoms with E-state index < -0.39 is 0 Å². The van der Waals surface area contributed by atoms with Crippen molar-refractivity contribution in [2.24, 2.45) is 0 Å². The number of rotatable bonds is 3. The van der Waals surface area contributed by atoms with Crippen LogP contribution in [0.3, 0.4) is 0 Å². The van der Waals surface area contributed by atoms with E-state index in [1.54, 1.807) is 0 Å². The molecule has 5 heteroatoms. The van der Waals surface area contributed by atoms with Crippen molar-refractivity contribution < 1.29 is 14.4 Å². The standard InChI is InChI=1S/C2H8NO3P/c1-3(4)6-7-5-2/h3,7H,1-2H3. The molecular formula is C2H8NO3P. The van der Waals surface area contributed by atoms with Crippen LogP contribution in [-0.2, 0) is 9.15 Å². The van der Waals surface area contributed by atoms with E-state index in [9.17, 15) is 5.21 Å². The average molecular weight is 125 g/mol. The summed E-state index contributed by atoms with van der Waals surface area (Å²) in [5.41, 5.74) is 0. The van der Waals surface area contributed by atoms with Gasteiger partial charge in [-0.3, -0.25) is 0 Å². The molecule has 4 nitrogen and oxygen atoms in total. The highest BCUT2D eigenvalue weighted by Gasteiger charge is 1.83. The maximum atomic E-state index is 9.91. The minimum atomic E-state index is -0.305. The number of nitrogens with one attached hydrogen (secondary N) is 1. The molecule has 0 saturated heterocycles. The van der Waals surface area contributed by atoms with Gasteiger partial charge in [0.25, 0.3) is 0 Å². The fourth-order valence-electron chi connectivity index (χ4n) is 0.100. The van der Waals surface area contributed by atoms with Gasteiger partial charge >= 0.3 is 0 Å². The topological polar surface area (TPSA) is 46.0 Å². The molecule has 2 atom stereocenters. The van der Waals surface area contributed by atoms with Crippen molar-refractivity contribution in [1.29, 1.82) is 0 Å². The lowest BCUT2D eigenvalue weighted by Gasteiger charge is -2.10. The second kappa shape index (κ2) is 4.43. The number of hydrogen-bond acceptors (Lipinski definition) is 3. The Morgan fingerprint density at radius 1 is 1.71 bits per heavy atom. The molecule has 0 aromatic heterocycles. The second-order valence-electron chi connectivity index (χ2n) is 0.881. The van der Waals surface area contributed by atoms with Gasteiger partial charge in [0.05, 0.1) is 7.05 Å². The van der Waals surface area contributed by atoms with Crippen molar-refractivity contribution in [2.75, 3.05) is 14.2 Å². The van der Waals surface area contributed by atoms with Crippen LogP contribution in [0.4, 0.5) is 0 Å². The van der Waals surface area contributed by atoms with E-state index in [0.717, 1.165) is 0 Å². The third-order valence-corrected chi connectivity index (χ3v) is 0.806. The minimum Gasteiger partial charge on any atom is -0.600 e. The lowest BCUT2D eigenvalue weighted by atomic mass is 11.5. The van der Waals surface area contributed by atoms with Crippen LogP contribution in [0.1, 0.15) is 0 Å². The molecule has 0 heterocycles. The van der Waals surface area contributed by atoms with Gasteiger partial charge in [-0.25, -0.2) is 5.23 Å². The van der Waals surface area contributed by atoms with Crippen LogP contribution >= 0.6 is 9.03 Å². The van der Waals surface area contributed by atoms with Gasteiger partial charge in [-0.05, 0) is 0 Å². The van der Waals surface area contributed by atoms with Crippen LogP contribution in [0, 0.1) is 5.21 Å².